The minimum Gasteiger partial charge on any atom is -0.430 e. The van der Waals surface area contributed by atoms with Gasteiger partial charge in [-0.1, -0.05) is 57.0 Å². The lowest BCUT2D eigenvalue weighted by Crippen LogP contribution is -2.13. The van der Waals surface area contributed by atoms with Crippen LogP contribution in [0, 0.1) is 18.8 Å². The van der Waals surface area contributed by atoms with Crippen molar-refractivity contribution in [2.45, 2.75) is 47.0 Å². The first-order valence-corrected chi connectivity index (χ1v) is 8.01. The van der Waals surface area contributed by atoms with Gasteiger partial charge in [-0.05, 0) is 18.9 Å². The van der Waals surface area contributed by atoms with Crippen LogP contribution in [0.4, 0.5) is 0 Å². The number of unbranched alkanes of at least 4 members (excludes halogenated alkanes) is 1. The second kappa shape index (κ2) is 6.91. The number of carbonyl (C=O) groups is 2. The number of ether oxygens (including phenoxy) is 1. The van der Waals surface area contributed by atoms with Crippen molar-refractivity contribution in [3.8, 4) is 0 Å². The lowest BCUT2D eigenvalue weighted by Gasteiger charge is -2.13. The molecular weight excluding hydrogens is 276 g/mol. The molecular formula is C19H24O3. The van der Waals surface area contributed by atoms with Gasteiger partial charge in [0.1, 0.15) is 5.76 Å². The SMILES string of the molecule is CCCCC(=O)OC1=C(c2ccc(C)cc2)C(=O)C(C)C1C. The predicted octanol–water partition coefficient (Wildman–Crippen LogP) is 4.29. The summed E-state index contributed by atoms with van der Waals surface area (Å²) >= 11 is 0. The average Bonchev–Trinajstić information content (AvgIpc) is 2.71. The zero-order chi connectivity index (χ0) is 16.3. The van der Waals surface area contributed by atoms with Gasteiger partial charge in [0, 0.05) is 18.3 Å². The van der Waals surface area contributed by atoms with Gasteiger partial charge in [-0.25, -0.2) is 0 Å². The summed E-state index contributed by atoms with van der Waals surface area (Å²) < 4.78 is 5.58. The van der Waals surface area contributed by atoms with Crippen LogP contribution in [-0.4, -0.2) is 11.8 Å². The zero-order valence-corrected chi connectivity index (χ0v) is 13.8. The number of allylic oxidation sites excluding steroid dienone is 2. The van der Waals surface area contributed by atoms with Crippen LogP contribution in [0.1, 0.15) is 51.2 Å². The van der Waals surface area contributed by atoms with Crippen molar-refractivity contribution in [2.24, 2.45) is 11.8 Å². The van der Waals surface area contributed by atoms with E-state index in [-0.39, 0.29) is 23.6 Å². The Morgan fingerprint density at radius 1 is 1.14 bits per heavy atom. The van der Waals surface area contributed by atoms with E-state index < -0.39 is 0 Å². The molecule has 22 heavy (non-hydrogen) atoms. The molecule has 1 aliphatic carbocycles. The summed E-state index contributed by atoms with van der Waals surface area (Å²) in [6, 6.07) is 7.79. The van der Waals surface area contributed by atoms with Crippen LogP contribution < -0.4 is 0 Å². The highest BCUT2D eigenvalue weighted by Gasteiger charge is 2.39. The largest absolute Gasteiger partial charge is 0.430 e. The molecule has 2 unspecified atom stereocenters. The van der Waals surface area contributed by atoms with Gasteiger partial charge in [0.05, 0.1) is 5.57 Å². The molecule has 1 aliphatic rings. The molecule has 0 spiro atoms. The fourth-order valence-corrected chi connectivity index (χ4v) is 2.67. The number of rotatable bonds is 5. The van der Waals surface area contributed by atoms with Gasteiger partial charge in [0.15, 0.2) is 5.78 Å². The molecule has 0 amide bonds. The van der Waals surface area contributed by atoms with E-state index in [0.29, 0.717) is 17.8 Å². The standard InChI is InChI=1S/C19H24O3/c1-5-6-7-16(20)22-19-14(4)13(3)18(21)17(19)15-10-8-12(2)9-11-15/h8-11,13-14H,5-7H2,1-4H3. The van der Waals surface area contributed by atoms with Gasteiger partial charge in [-0.2, -0.15) is 0 Å². The molecule has 0 saturated heterocycles. The number of benzene rings is 1. The number of hydrogen-bond acceptors (Lipinski definition) is 3. The van der Waals surface area contributed by atoms with E-state index in [9.17, 15) is 9.59 Å². The molecule has 0 heterocycles. The molecule has 2 rings (SSSR count). The molecule has 3 nitrogen and oxygen atoms in total. The molecule has 0 bridgehead atoms. The van der Waals surface area contributed by atoms with Gasteiger partial charge in [0.25, 0.3) is 0 Å². The Balaban J connectivity index is 2.35. The topological polar surface area (TPSA) is 43.4 Å². The monoisotopic (exact) mass is 300 g/mol. The Labute approximate surface area is 132 Å². The lowest BCUT2D eigenvalue weighted by molar-refractivity contribution is -0.140. The Hall–Kier alpha value is -1.90. The third kappa shape index (κ3) is 3.29. The summed E-state index contributed by atoms with van der Waals surface area (Å²) in [7, 11) is 0. The van der Waals surface area contributed by atoms with Gasteiger partial charge < -0.3 is 4.74 Å². The first kappa shape index (κ1) is 16.5. The van der Waals surface area contributed by atoms with E-state index in [1.54, 1.807) is 0 Å². The smallest absolute Gasteiger partial charge is 0.310 e. The fourth-order valence-electron chi connectivity index (χ4n) is 2.67. The summed E-state index contributed by atoms with van der Waals surface area (Å²) in [6.45, 7) is 7.89. The maximum Gasteiger partial charge on any atom is 0.310 e. The molecule has 1 aromatic rings. The third-order valence-electron chi connectivity index (χ3n) is 4.37. The second-order valence-corrected chi connectivity index (χ2v) is 6.12. The average molecular weight is 300 g/mol. The van der Waals surface area contributed by atoms with Crippen molar-refractivity contribution >= 4 is 17.3 Å². The third-order valence-corrected chi connectivity index (χ3v) is 4.37. The first-order valence-electron chi connectivity index (χ1n) is 8.01. The normalized spacial score (nSPS) is 21.4. The van der Waals surface area contributed by atoms with Crippen LogP contribution in [0.25, 0.3) is 5.57 Å². The Kier molecular flexibility index (Phi) is 5.17. The van der Waals surface area contributed by atoms with Crippen molar-refractivity contribution in [1.29, 1.82) is 0 Å². The summed E-state index contributed by atoms with van der Waals surface area (Å²) in [4.78, 5) is 24.5. The molecule has 3 heteroatoms. The van der Waals surface area contributed by atoms with E-state index in [2.05, 4.69) is 0 Å². The van der Waals surface area contributed by atoms with Crippen molar-refractivity contribution in [3.63, 3.8) is 0 Å². The minimum absolute atomic E-state index is 0.0608. The van der Waals surface area contributed by atoms with Gasteiger partial charge in [-0.15, -0.1) is 0 Å². The summed E-state index contributed by atoms with van der Waals surface area (Å²) in [5.41, 5.74) is 2.55. The maximum absolute atomic E-state index is 12.6. The van der Waals surface area contributed by atoms with Crippen molar-refractivity contribution in [3.05, 3.63) is 41.2 Å². The molecule has 118 valence electrons. The number of esters is 1. The van der Waals surface area contributed by atoms with E-state index in [1.165, 1.54) is 0 Å². The number of ketones is 1. The minimum atomic E-state index is -0.241. The molecule has 2 atom stereocenters. The van der Waals surface area contributed by atoms with Crippen molar-refractivity contribution in [1.82, 2.24) is 0 Å². The van der Waals surface area contributed by atoms with Crippen LogP contribution in [-0.2, 0) is 14.3 Å². The van der Waals surface area contributed by atoms with Crippen LogP contribution in [0.15, 0.2) is 30.0 Å². The summed E-state index contributed by atoms with van der Waals surface area (Å²) in [5, 5.41) is 0. The number of aryl methyl sites for hydroxylation is 1. The fraction of sp³-hybridized carbons (Fsp3) is 0.474. The van der Waals surface area contributed by atoms with Crippen molar-refractivity contribution in [2.75, 3.05) is 0 Å². The van der Waals surface area contributed by atoms with Crippen LogP contribution in [0.3, 0.4) is 0 Å². The molecule has 1 aromatic carbocycles. The lowest BCUT2D eigenvalue weighted by atomic mass is 9.96. The summed E-state index contributed by atoms with van der Waals surface area (Å²) in [6.07, 6.45) is 2.16. The van der Waals surface area contributed by atoms with E-state index in [1.807, 2.05) is 52.0 Å². The maximum atomic E-state index is 12.6. The Morgan fingerprint density at radius 3 is 2.36 bits per heavy atom. The predicted molar refractivity (Wildman–Crippen MR) is 87.1 cm³/mol. The Bertz CT molecular complexity index is 596. The van der Waals surface area contributed by atoms with Gasteiger partial charge in [-0.3, -0.25) is 9.59 Å². The van der Waals surface area contributed by atoms with Gasteiger partial charge >= 0.3 is 5.97 Å². The molecule has 0 aromatic heterocycles. The second-order valence-electron chi connectivity index (χ2n) is 6.12. The van der Waals surface area contributed by atoms with E-state index in [0.717, 1.165) is 24.0 Å². The van der Waals surface area contributed by atoms with Crippen molar-refractivity contribution < 1.29 is 14.3 Å². The first-order chi connectivity index (χ1) is 10.5. The van der Waals surface area contributed by atoms with Crippen LogP contribution >= 0.6 is 0 Å². The van der Waals surface area contributed by atoms with E-state index in [4.69, 9.17) is 4.74 Å². The highest BCUT2D eigenvalue weighted by Crippen LogP contribution is 2.40. The number of carbonyl (C=O) groups excluding carboxylic acids is 2. The molecule has 0 aliphatic heterocycles. The molecule has 0 radical (unpaired) electrons. The van der Waals surface area contributed by atoms with E-state index >= 15 is 0 Å². The molecule has 0 N–H and O–H groups in total. The molecule has 0 saturated carbocycles. The highest BCUT2D eigenvalue weighted by molar-refractivity contribution is 6.24. The van der Waals surface area contributed by atoms with Crippen LogP contribution in [0.2, 0.25) is 0 Å². The number of Topliss-reactive ketones (excluding diaryl/α,β-unsaturated/α-hetero) is 1. The quantitative estimate of drug-likeness (QED) is 0.762. The number of hydrogen-bond donors (Lipinski definition) is 0. The Morgan fingerprint density at radius 2 is 1.77 bits per heavy atom. The van der Waals surface area contributed by atoms with Crippen LogP contribution in [0.5, 0.6) is 0 Å². The zero-order valence-electron chi connectivity index (χ0n) is 13.8. The summed E-state index contributed by atoms with van der Waals surface area (Å²) in [5.74, 6) is 0.159. The van der Waals surface area contributed by atoms with Gasteiger partial charge in [0.2, 0.25) is 0 Å². The molecule has 0 fully saturated rings. The highest BCUT2D eigenvalue weighted by atomic mass is 16.5.